The van der Waals surface area contributed by atoms with Crippen molar-refractivity contribution in [2.45, 2.75) is 44.4 Å². The van der Waals surface area contributed by atoms with Gasteiger partial charge in [0.05, 0.1) is 0 Å². The summed E-state index contributed by atoms with van der Waals surface area (Å²) in [4.78, 5) is 5.10. The Kier molecular flexibility index (Phi) is 4.43. The molecule has 2 aromatic rings. The summed E-state index contributed by atoms with van der Waals surface area (Å²) in [5.41, 5.74) is 7.41. The van der Waals surface area contributed by atoms with Crippen LogP contribution in [0.5, 0.6) is 0 Å². The third kappa shape index (κ3) is 2.86. The Morgan fingerprint density at radius 2 is 1.41 bits per heavy atom. The predicted molar refractivity (Wildman–Crippen MR) is 114 cm³/mol. The second-order valence-electron chi connectivity index (χ2n) is 8.37. The van der Waals surface area contributed by atoms with Crippen LogP contribution in [0.15, 0.2) is 60.3 Å². The van der Waals surface area contributed by atoms with Gasteiger partial charge in [-0.2, -0.15) is 0 Å². The van der Waals surface area contributed by atoms with Gasteiger partial charge in [0.15, 0.2) is 0 Å². The van der Waals surface area contributed by atoms with Crippen LogP contribution in [0.2, 0.25) is 0 Å². The van der Waals surface area contributed by atoms with Crippen LogP contribution >= 0.6 is 0 Å². The van der Waals surface area contributed by atoms with Crippen LogP contribution in [0.1, 0.15) is 55.6 Å². The molecule has 0 N–H and O–H groups in total. The maximum Gasteiger partial charge on any atom is 0.0447 e. The van der Waals surface area contributed by atoms with Crippen LogP contribution in [-0.4, -0.2) is 25.0 Å². The summed E-state index contributed by atoms with van der Waals surface area (Å²) in [7, 11) is 2.22. The largest absolute Gasteiger partial charge is 0.375 e. The zero-order valence-corrected chi connectivity index (χ0v) is 16.4. The van der Waals surface area contributed by atoms with E-state index in [0.717, 1.165) is 0 Å². The van der Waals surface area contributed by atoms with E-state index in [1.165, 1.54) is 74.1 Å². The standard InChI is InChI=1S/C25H30N2/c1-26-22-14-6-3-11-19(22)25(20-12-4-7-15-23(20)26)21-13-5-8-16-24(21)27-17-9-2-10-18-27/h3-4,6-7,11-12,14-16,21,25H,2,5,8-10,13,17-18H2,1H3. The van der Waals surface area contributed by atoms with Crippen molar-refractivity contribution in [3.63, 3.8) is 0 Å². The van der Waals surface area contributed by atoms with Crippen LogP contribution in [0.3, 0.4) is 0 Å². The molecule has 0 spiro atoms. The number of fused-ring (bicyclic) bond motifs is 2. The van der Waals surface area contributed by atoms with Crippen LogP contribution in [0.25, 0.3) is 0 Å². The smallest absolute Gasteiger partial charge is 0.0447 e. The SMILES string of the molecule is CN1c2ccccc2C(C2CCCC=C2N2CCCCC2)c2ccccc21. The Morgan fingerprint density at radius 3 is 2.07 bits per heavy atom. The minimum atomic E-state index is 0.474. The fourth-order valence-corrected chi connectivity index (χ4v) is 5.58. The van der Waals surface area contributed by atoms with Crippen LogP contribution in [-0.2, 0) is 0 Å². The van der Waals surface area contributed by atoms with Gasteiger partial charge in [-0.05, 0) is 61.8 Å². The first-order chi connectivity index (χ1) is 13.3. The van der Waals surface area contributed by atoms with Gasteiger partial charge in [-0.15, -0.1) is 0 Å². The fourth-order valence-electron chi connectivity index (χ4n) is 5.58. The number of allylic oxidation sites excluding steroid dienone is 2. The van der Waals surface area contributed by atoms with Gasteiger partial charge in [0.2, 0.25) is 0 Å². The number of hydrogen-bond donors (Lipinski definition) is 0. The first-order valence-corrected chi connectivity index (χ1v) is 10.7. The van der Waals surface area contributed by atoms with E-state index in [0.29, 0.717) is 11.8 Å². The summed E-state index contributed by atoms with van der Waals surface area (Å²) in [6, 6.07) is 18.1. The number of likely N-dealkylation sites (tertiary alicyclic amines) is 1. The van der Waals surface area contributed by atoms with E-state index in [-0.39, 0.29) is 0 Å². The number of nitrogens with zero attached hydrogens (tertiary/aromatic N) is 2. The van der Waals surface area contributed by atoms with Gasteiger partial charge in [-0.1, -0.05) is 42.5 Å². The van der Waals surface area contributed by atoms with Gasteiger partial charge in [-0.25, -0.2) is 0 Å². The molecule has 2 heteroatoms. The number of para-hydroxylation sites is 2. The molecular weight excluding hydrogens is 328 g/mol. The highest BCUT2D eigenvalue weighted by Crippen LogP contribution is 2.51. The Labute approximate surface area is 163 Å². The fraction of sp³-hybridized carbons (Fsp3) is 0.440. The average Bonchev–Trinajstić information content (AvgIpc) is 2.75. The molecule has 2 heterocycles. The molecule has 27 heavy (non-hydrogen) atoms. The van der Waals surface area contributed by atoms with E-state index in [4.69, 9.17) is 0 Å². The molecule has 5 rings (SSSR count). The van der Waals surface area contributed by atoms with Crippen molar-refractivity contribution >= 4 is 11.4 Å². The summed E-state index contributed by atoms with van der Waals surface area (Å²) < 4.78 is 0. The van der Waals surface area contributed by atoms with Gasteiger partial charge in [0, 0.05) is 49.0 Å². The minimum absolute atomic E-state index is 0.474. The number of hydrogen-bond acceptors (Lipinski definition) is 2. The third-order valence-electron chi connectivity index (χ3n) is 6.84. The van der Waals surface area contributed by atoms with Crippen molar-refractivity contribution in [1.82, 2.24) is 4.90 Å². The van der Waals surface area contributed by atoms with E-state index in [1.54, 1.807) is 5.70 Å². The zero-order chi connectivity index (χ0) is 18.2. The summed E-state index contributed by atoms with van der Waals surface area (Å²) >= 11 is 0. The number of benzene rings is 2. The van der Waals surface area contributed by atoms with Gasteiger partial charge in [-0.3, -0.25) is 0 Å². The van der Waals surface area contributed by atoms with E-state index in [2.05, 4.69) is 71.5 Å². The van der Waals surface area contributed by atoms with Crippen LogP contribution in [0.4, 0.5) is 11.4 Å². The molecule has 1 fully saturated rings. The average molecular weight is 359 g/mol. The molecule has 1 atom stereocenters. The Bertz CT molecular complexity index is 799. The summed E-state index contributed by atoms with van der Waals surface area (Å²) in [6.07, 6.45) is 10.5. The van der Waals surface area contributed by atoms with E-state index < -0.39 is 0 Å². The molecular formula is C25H30N2. The monoisotopic (exact) mass is 358 g/mol. The lowest BCUT2D eigenvalue weighted by atomic mass is 9.71. The molecule has 0 saturated carbocycles. The normalized spacial score (nSPS) is 22.9. The Balaban J connectivity index is 1.62. The molecule has 1 saturated heterocycles. The predicted octanol–water partition coefficient (Wildman–Crippen LogP) is 6.07. The topological polar surface area (TPSA) is 6.48 Å². The molecule has 0 aromatic heterocycles. The molecule has 2 aromatic carbocycles. The molecule has 2 aliphatic heterocycles. The van der Waals surface area contributed by atoms with Crippen LogP contribution in [0, 0.1) is 5.92 Å². The van der Waals surface area contributed by atoms with Crippen molar-refractivity contribution in [1.29, 1.82) is 0 Å². The molecule has 2 nitrogen and oxygen atoms in total. The highest BCUT2D eigenvalue weighted by Gasteiger charge is 2.37. The van der Waals surface area contributed by atoms with Gasteiger partial charge >= 0.3 is 0 Å². The maximum atomic E-state index is 2.72. The lowest BCUT2D eigenvalue weighted by Crippen LogP contribution is -2.37. The molecule has 0 bridgehead atoms. The lowest BCUT2D eigenvalue weighted by Gasteiger charge is -2.44. The Hall–Kier alpha value is -2.22. The quantitative estimate of drug-likeness (QED) is 0.643. The molecule has 0 amide bonds. The minimum Gasteiger partial charge on any atom is -0.375 e. The van der Waals surface area contributed by atoms with Crippen molar-refractivity contribution in [3.05, 3.63) is 71.4 Å². The first-order valence-electron chi connectivity index (χ1n) is 10.7. The number of rotatable bonds is 2. The summed E-state index contributed by atoms with van der Waals surface area (Å²) in [5.74, 6) is 1.08. The number of anilines is 2. The van der Waals surface area contributed by atoms with Gasteiger partial charge in [0.1, 0.15) is 0 Å². The summed E-state index contributed by atoms with van der Waals surface area (Å²) in [5, 5.41) is 0. The van der Waals surface area contributed by atoms with Crippen molar-refractivity contribution in [2.24, 2.45) is 5.92 Å². The van der Waals surface area contributed by atoms with Gasteiger partial charge in [0.25, 0.3) is 0 Å². The van der Waals surface area contributed by atoms with Crippen LogP contribution < -0.4 is 4.90 Å². The second-order valence-corrected chi connectivity index (χ2v) is 8.37. The Morgan fingerprint density at radius 1 is 0.778 bits per heavy atom. The first kappa shape index (κ1) is 16.9. The van der Waals surface area contributed by atoms with E-state index >= 15 is 0 Å². The van der Waals surface area contributed by atoms with Crippen molar-refractivity contribution in [3.8, 4) is 0 Å². The second kappa shape index (κ2) is 7.07. The molecule has 1 unspecified atom stereocenters. The summed E-state index contributed by atoms with van der Waals surface area (Å²) in [6.45, 7) is 2.50. The third-order valence-corrected chi connectivity index (χ3v) is 6.84. The number of piperidine rings is 1. The lowest BCUT2D eigenvalue weighted by molar-refractivity contribution is 0.234. The van der Waals surface area contributed by atoms with Crippen molar-refractivity contribution in [2.75, 3.05) is 25.0 Å². The van der Waals surface area contributed by atoms with E-state index in [1.807, 2.05) is 0 Å². The zero-order valence-electron chi connectivity index (χ0n) is 16.4. The molecule has 0 radical (unpaired) electrons. The molecule has 1 aliphatic carbocycles. The molecule has 140 valence electrons. The molecule has 3 aliphatic rings. The van der Waals surface area contributed by atoms with Gasteiger partial charge < -0.3 is 9.80 Å². The highest BCUT2D eigenvalue weighted by molar-refractivity contribution is 5.76. The van der Waals surface area contributed by atoms with Crippen molar-refractivity contribution < 1.29 is 0 Å². The van der Waals surface area contributed by atoms with E-state index in [9.17, 15) is 0 Å². The maximum absolute atomic E-state index is 2.72. The highest BCUT2D eigenvalue weighted by atomic mass is 15.1.